The number of aliphatic hydroxyl groups is 1. The highest BCUT2D eigenvalue weighted by molar-refractivity contribution is 7.99. The van der Waals surface area contributed by atoms with Crippen LogP contribution < -0.4 is 0 Å². The first-order valence-corrected chi connectivity index (χ1v) is 9.40. The van der Waals surface area contributed by atoms with Crippen LogP contribution in [-0.2, 0) is 24.2 Å². The number of hydrogen-bond donors (Lipinski definition) is 1. The molecule has 23 heavy (non-hydrogen) atoms. The highest BCUT2D eigenvalue weighted by atomic mass is 32.2. The zero-order chi connectivity index (χ0) is 16.9. The predicted octanol–water partition coefficient (Wildman–Crippen LogP) is 5.34. The molecule has 0 heterocycles. The van der Waals surface area contributed by atoms with Crippen LogP contribution in [0.5, 0.6) is 0 Å². The second-order valence-electron chi connectivity index (χ2n) is 6.93. The van der Waals surface area contributed by atoms with Gasteiger partial charge in [-0.15, -0.1) is 0 Å². The maximum absolute atomic E-state index is 9.99. The predicted molar refractivity (Wildman–Crippen MR) is 102 cm³/mol. The highest BCUT2D eigenvalue weighted by Crippen LogP contribution is 2.21. The molecule has 124 valence electrons. The van der Waals surface area contributed by atoms with Crippen molar-refractivity contribution in [2.24, 2.45) is 0 Å². The Bertz CT molecular complexity index is 591. The van der Waals surface area contributed by atoms with Crippen molar-refractivity contribution in [2.45, 2.75) is 57.1 Å². The molecule has 0 unspecified atom stereocenters. The van der Waals surface area contributed by atoms with Crippen LogP contribution in [0.15, 0.2) is 48.5 Å². The Morgan fingerprint density at radius 2 is 1.26 bits per heavy atom. The Balaban J connectivity index is 1.88. The molecule has 0 aliphatic carbocycles. The first-order valence-electron chi connectivity index (χ1n) is 8.36. The third-order valence-electron chi connectivity index (χ3n) is 3.97. The number of thioether (sulfide) groups is 1. The molecule has 0 amide bonds. The Hall–Kier alpha value is -1.25. The molecule has 0 radical (unpaired) electrons. The van der Waals surface area contributed by atoms with Crippen LogP contribution in [0.25, 0.3) is 0 Å². The van der Waals surface area contributed by atoms with Crippen LogP contribution in [0, 0.1) is 0 Å². The molecular weight excluding hydrogens is 300 g/mol. The minimum absolute atomic E-state index is 0.682. The number of aryl methyl sites for hydroxylation is 2. The van der Waals surface area contributed by atoms with E-state index in [0.717, 1.165) is 24.2 Å². The molecule has 0 aliphatic heterocycles. The molecule has 2 rings (SSSR count). The Morgan fingerprint density at radius 3 is 1.70 bits per heavy atom. The molecule has 0 atom stereocenters. The van der Waals surface area contributed by atoms with Gasteiger partial charge in [-0.25, -0.2) is 0 Å². The fraction of sp³-hybridized carbons (Fsp3) is 0.429. The zero-order valence-corrected chi connectivity index (χ0v) is 15.5. The van der Waals surface area contributed by atoms with E-state index in [-0.39, 0.29) is 0 Å². The van der Waals surface area contributed by atoms with E-state index in [2.05, 4.69) is 50.2 Å². The van der Waals surface area contributed by atoms with Crippen molar-refractivity contribution in [2.75, 3.05) is 0 Å². The quantitative estimate of drug-likeness (QED) is 0.740. The SMILES string of the molecule is CC(C)SCc1ccc(CCc2ccc(C(C)(C)O)cc2)cc1. The summed E-state index contributed by atoms with van der Waals surface area (Å²) in [6, 6.07) is 17.3. The summed E-state index contributed by atoms with van der Waals surface area (Å²) in [4.78, 5) is 0. The van der Waals surface area contributed by atoms with E-state index in [1.54, 1.807) is 0 Å². The summed E-state index contributed by atoms with van der Waals surface area (Å²) in [6.07, 6.45) is 2.09. The van der Waals surface area contributed by atoms with E-state index >= 15 is 0 Å². The molecule has 0 bridgehead atoms. The topological polar surface area (TPSA) is 20.2 Å². The van der Waals surface area contributed by atoms with Gasteiger partial charge in [0.2, 0.25) is 0 Å². The summed E-state index contributed by atoms with van der Waals surface area (Å²) in [6.45, 7) is 8.12. The van der Waals surface area contributed by atoms with E-state index in [9.17, 15) is 5.11 Å². The summed E-state index contributed by atoms with van der Waals surface area (Å²) in [7, 11) is 0. The molecule has 2 heteroatoms. The number of benzene rings is 2. The third kappa shape index (κ3) is 6.04. The van der Waals surface area contributed by atoms with Gasteiger partial charge in [0.25, 0.3) is 0 Å². The van der Waals surface area contributed by atoms with Gasteiger partial charge in [0.15, 0.2) is 0 Å². The molecular formula is C21H28OS. The molecule has 1 N–H and O–H groups in total. The molecule has 2 aromatic rings. The monoisotopic (exact) mass is 328 g/mol. The minimum Gasteiger partial charge on any atom is -0.386 e. The summed E-state index contributed by atoms with van der Waals surface area (Å²) in [5.41, 5.74) is 4.31. The van der Waals surface area contributed by atoms with Crippen LogP contribution in [0.2, 0.25) is 0 Å². The van der Waals surface area contributed by atoms with E-state index < -0.39 is 5.60 Å². The highest BCUT2D eigenvalue weighted by Gasteiger charge is 2.14. The standard InChI is InChI=1S/C21H28OS/c1-16(2)23-15-19-9-7-17(8-10-19)5-6-18-11-13-20(14-12-18)21(3,4)22/h7-14,16,22H,5-6,15H2,1-4H3. The van der Waals surface area contributed by atoms with Gasteiger partial charge in [-0.1, -0.05) is 62.4 Å². The minimum atomic E-state index is -0.762. The lowest BCUT2D eigenvalue weighted by Gasteiger charge is -2.17. The summed E-state index contributed by atoms with van der Waals surface area (Å²) in [5, 5.41) is 10.7. The maximum atomic E-state index is 9.99. The van der Waals surface area contributed by atoms with Crippen LogP contribution in [0.1, 0.15) is 49.9 Å². The number of hydrogen-bond acceptors (Lipinski definition) is 2. The van der Waals surface area contributed by atoms with E-state index in [0.29, 0.717) is 5.25 Å². The molecule has 0 saturated heterocycles. The van der Waals surface area contributed by atoms with Crippen molar-refractivity contribution in [3.05, 3.63) is 70.8 Å². The molecule has 0 aliphatic rings. The molecule has 2 aromatic carbocycles. The smallest absolute Gasteiger partial charge is 0.0840 e. The van der Waals surface area contributed by atoms with Gasteiger partial charge in [-0.3, -0.25) is 0 Å². The largest absolute Gasteiger partial charge is 0.386 e. The Labute approximate surface area is 145 Å². The second kappa shape index (κ2) is 8.03. The molecule has 0 saturated carbocycles. The van der Waals surface area contributed by atoms with Gasteiger partial charge in [0.1, 0.15) is 0 Å². The van der Waals surface area contributed by atoms with Crippen LogP contribution >= 0.6 is 11.8 Å². The van der Waals surface area contributed by atoms with Crippen molar-refractivity contribution < 1.29 is 5.11 Å². The van der Waals surface area contributed by atoms with E-state index in [1.165, 1.54) is 16.7 Å². The average molecular weight is 329 g/mol. The molecule has 0 aromatic heterocycles. The summed E-state index contributed by atoms with van der Waals surface area (Å²) in [5.74, 6) is 1.09. The first-order chi connectivity index (χ1) is 10.8. The van der Waals surface area contributed by atoms with Crippen LogP contribution in [0.3, 0.4) is 0 Å². The first kappa shape index (κ1) is 18.1. The molecule has 0 spiro atoms. The Kier molecular flexibility index (Phi) is 6.32. The van der Waals surface area contributed by atoms with Crippen molar-refractivity contribution >= 4 is 11.8 Å². The summed E-state index contributed by atoms with van der Waals surface area (Å²) >= 11 is 1.98. The van der Waals surface area contributed by atoms with Gasteiger partial charge in [0.05, 0.1) is 5.60 Å². The maximum Gasteiger partial charge on any atom is 0.0840 e. The number of rotatable bonds is 7. The van der Waals surface area contributed by atoms with Gasteiger partial charge in [-0.2, -0.15) is 11.8 Å². The molecule has 1 nitrogen and oxygen atoms in total. The van der Waals surface area contributed by atoms with Crippen LogP contribution in [0.4, 0.5) is 0 Å². The third-order valence-corrected chi connectivity index (χ3v) is 5.14. The van der Waals surface area contributed by atoms with E-state index in [1.807, 2.05) is 37.7 Å². The van der Waals surface area contributed by atoms with Crippen molar-refractivity contribution in [1.29, 1.82) is 0 Å². The van der Waals surface area contributed by atoms with Gasteiger partial charge < -0.3 is 5.11 Å². The van der Waals surface area contributed by atoms with Crippen molar-refractivity contribution in [1.82, 2.24) is 0 Å². The lowest BCUT2D eigenvalue weighted by atomic mass is 9.96. The average Bonchev–Trinajstić information content (AvgIpc) is 2.51. The lowest BCUT2D eigenvalue weighted by Crippen LogP contribution is -2.15. The van der Waals surface area contributed by atoms with Gasteiger partial charge in [0, 0.05) is 5.75 Å². The van der Waals surface area contributed by atoms with Crippen molar-refractivity contribution in [3.63, 3.8) is 0 Å². The zero-order valence-electron chi connectivity index (χ0n) is 14.7. The van der Waals surface area contributed by atoms with Crippen LogP contribution in [-0.4, -0.2) is 10.4 Å². The lowest BCUT2D eigenvalue weighted by molar-refractivity contribution is 0.0786. The fourth-order valence-electron chi connectivity index (χ4n) is 2.43. The Morgan fingerprint density at radius 1 is 0.826 bits per heavy atom. The second-order valence-corrected chi connectivity index (χ2v) is 8.50. The van der Waals surface area contributed by atoms with E-state index in [4.69, 9.17) is 0 Å². The summed E-state index contributed by atoms with van der Waals surface area (Å²) < 4.78 is 0. The van der Waals surface area contributed by atoms with Gasteiger partial charge >= 0.3 is 0 Å². The normalized spacial score (nSPS) is 11.9. The molecule has 0 fully saturated rings. The van der Waals surface area contributed by atoms with Crippen molar-refractivity contribution in [3.8, 4) is 0 Å². The van der Waals surface area contributed by atoms with Gasteiger partial charge in [-0.05, 0) is 54.2 Å². The fourth-order valence-corrected chi connectivity index (χ4v) is 3.15.